The summed E-state index contributed by atoms with van der Waals surface area (Å²) in [5.41, 5.74) is 2.57. The van der Waals surface area contributed by atoms with Gasteiger partial charge in [-0.05, 0) is 31.2 Å². The van der Waals surface area contributed by atoms with E-state index in [1.807, 2.05) is 17.6 Å². The minimum atomic E-state index is 0.490. The van der Waals surface area contributed by atoms with Crippen molar-refractivity contribution in [2.24, 2.45) is 5.41 Å². The van der Waals surface area contributed by atoms with Crippen LogP contribution in [0.1, 0.15) is 25.5 Å². The van der Waals surface area contributed by atoms with Gasteiger partial charge in [-0.1, -0.05) is 6.92 Å². The van der Waals surface area contributed by atoms with E-state index in [4.69, 9.17) is 0 Å². The Hall–Kier alpha value is -1.58. The summed E-state index contributed by atoms with van der Waals surface area (Å²) in [6.07, 6.45) is 6.31. The van der Waals surface area contributed by atoms with Gasteiger partial charge in [0.05, 0.1) is 5.69 Å². The van der Waals surface area contributed by atoms with Gasteiger partial charge in [-0.25, -0.2) is 9.50 Å². The second kappa shape index (κ2) is 3.20. The van der Waals surface area contributed by atoms with E-state index in [2.05, 4.69) is 28.4 Å². The molecule has 4 nitrogen and oxygen atoms in total. The number of rotatable bonds is 3. The summed E-state index contributed by atoms with van der Waals surface area (Å²) >= 11 is 0. The largest absolute Gasteiger partial charge is 0.368 e. The third kappa shape index (κ3) is 1.64. The van der Waals surface area contributed by atoms with Crippen LogP contribution in [-0.2, 0) is 0 Å². The fourth-order valence-corrected chi connectivity index (χ4v) is 1.87. The quantitative estimate of drug-likeness (QED) is 0.855. The predicted molar refractivity (Wildman–Crippen MR) is 63.6 cm³/mol. The van der Waals surface area contributed by atoms with Crippen molar-refractivity contribution in [3.05, 3.63) is 24.2 Å². The first-order valence-electron chi connectivity index (χ1n) is 5.71. The van der Waals surface area contributed by atoms with Crippen molar-refractivity contribution in [1.82, 2.24) is 14.6 Å². The fraction of sp³-hybridized carbons (Fsp3) is 0.500. The average Bonchev–Trinajstić information content (AvgIpc) is 2.86. The van der Waals surface area contributed by atoms with Crippen molar-refractivity contribution < 1.29 is 0 Å². The van der Waals surface area contributed by atoms with Gasteiger partial charge in [0, 0.05) is 18.9 Å². The van der Waals surface area contributed by atoms with Crippen LogP contribution in [0.4, 0.5) is 5.82 Å². The predicted octanol–water partition coefficient (Wildman–Crippen LogP) is 2.25. The molecule has 0 saturated heterocycles. The average molecular weight is 216 g/mol. The number of aryl methyl sites for hydroxylation is 1. The number of aromatic nitrogens is 3. The molecular formula is C12H16N4. The molecule has 0 aromatic carbocycles. The third-order valence-corrected chi connectivity index (χ3v) is 3.30. The van der Waals surface area contributed by atoms with Gasteiger partial charge in [0.2, 0.25) is 0 Å². The second-order valence-corrected chi connectivity index (χ2v) is 5.06. The van der Waals surface area contributed by atoms with Crippen molar-refractivity contribution in [3.8, 4) is 0 Å². The van der Waals surface area contributed by atoms with Crippen LogP contribution in [0, 0.1) is 12.3 Å². The third-order valence-electron chi connectivity index (χ3n) is 3.30. The Morgan fingerprint density at radius 2 is 2.31 bits per heavy atom. The molecule has 0 amide bonds. The molecule has 1 aliphatic rings. The molecule has 1 aliphatic carbocycles. The lowest BCUT2D eigenvalue weighted by Crippen LogP contribution is -2.13. The number of nitrogens with zero attached hydrogens (tertiary/aromatic N) is 3. The van der Waals surface area contributed by atoms with Crippen LogP contribution in [0.25, 0.3) is 5.52 Å². The molecule has 0 radical (unpaired) electrons. The molecule has 0 bridgehead atoms. The Labute approximate surface area is 94.7 Å². The van der Waals surface area contributed by atoms with Crippen molar-refractivity contribution in [2.75, 3.05) is 11.9 Å². The van der Waals surface area contributed by atoms with Crippen LogP contribution in [0.3, 0.4) is 0 Å². The van der Waals surface area contributed by atoms with Crippen LogP contribution >= 0.6 is 0 Å². The van der Waals surface area contributed by atoms with Gasteiger partial charge in [-0.15, -0.1) is 0 Å². The van der Waals surface area contributed by atoms with Crippen LogP contribution in [0.15, 0.2) is 18.5 Å². The summed E-state index contributed by atoms with van der Waals surface area (Å²) in [6.45, 7) is 5.31. The smallest absolute Gasteiger partial charge is 0.152 e. The molecule has 0 atom stereocenters. The van der Waals surface area contributed by atoms with Gasteiger partial charge in [-0.3, -0.25) is 0 Å². The van der Waals surface area contributed by atoms with Crippen molar-refractivity contribution >= 4 is 11.3 Å². The van der Waals surface area contributed by atoms with Gasteiger partial charge in [0.25, 0.3) is 0 Å². The highest BCUT2D eigenvalue weighted by Crippen LogP contribution is 2.44. The van der Waals surface area contributed by atoms with Crippen LogP contribution < -0.4 is 5.32 Å². The van der Waals surface area contributed by atoms with Crippen molar-refractivity contribution in [3.63, 3.8) is 0 Å². The van der Waals surface area contributed by atoms with E-state index in [0.717, 1.165) is 23.6 Å². The van der Waals surface area contributed by atoms with Gasteiger partial charge < -0.3 is 5.32 Å². The highest BCUT2D eigenvalue weighted by molar-refractivity contribution is 5.67. The minimum Gasteiger partial charge on any atom is -0.368 e. The zero-order chi connectivity index (χ0) is 11.2. The summed E-state index contributed by atoms with van der Waals surface area (Å²) in [4.78, 5) is 4.38. The highest BCUT2D eigenvalue weighted by Gasteiger charge is 2.36. The monoisotopic (exact) mass is 216 g/mol. The molecular weight excluding hydrogens is 200 g/mol. The summed E-state index contributed by atoms with van der Waals surface area (Å²) in [5, 5.41) is 7.80. The Morgan fingerprint density at radius 3 is 3.06 bits per heavy atom. The maximum absolute atomic E-state index is 4.38. The normalized spacial score (nSPS) is 17.6. The van der Waals surface area contributed by atoms with Gasteiger partial charge in [0.15, 0.2) is 5.82 Å². The molecule has 1 N–H and O–H groups in total. The summed E-state index contributed by atoms with van der Waals surface area (Å²) in [5.74, 6) is 0.941. The van der Waals surface area contributed by atoms with E-state index < -0.39 is 0 Å². The first kappa shape index (κ1) is 9.63. The molecule has 84 valence electrons. The molecule has 2 aromatic heterocycles. The van der Waals surface area contributed by atoms with Gasteiger partial charge in [0.1, 0.15) is 5.52 Å². The van der Waals surface area contributed by atoms with E-state index in [-0.39, 0.29) is 0 Å². The number of fused-ring (bicyclic) bond motifs is 1. The molecule has 0 aliphatic heterocycles. The lowest BCUT2D eigenvalue weighted by Gasteiger charge is -2.11. The second-order valence-electron chi connectivity index (χ2n) is 5.06. The Balaban J connectivity index is 1.90. The highest BCUT2D eigenvalue weighted by atomic mass is 15.2. The Morgan fingerprint density at radius 1 is 1.50 bits per heavy atom. The summed E-state index contributed by atoms with van der Waals surface area (Å²) < 4.78 is 1.87. The molecule has 2 aromatic rings. The van der Waals surface area contributed by atoms with Crippen molar-refractivity contribution in [2.45, 2.75) is 26.7 Å². The van der Waals surface area contributed by atoms with Crippen LogP contribution in [-0.4, -0.2) is 21.1 Å². The number of nitrogens with one attached hydrogen (secondary N) is 1. The van der Waals surface area contributed by atoms with Crippen LogP contribution in [0.2, 0.25) is 0 Å². The summed E-state index contributed by atoms with van der Waals surface area (Å²) in [7, 11) is 0. The topological polar surface area (TPSA) is 42.2 Å². The zero-order valence-electron chi connectivity index (χ0n) is 9.70. The van der Waals surface area contributed by atoms with E-state index >= 15 is 0 Å². The van der Waals surface area contributed by atoms with Crippen LogP contribution in [0.5, 0.6) is 0 Å². The number of hydrogen-bond acceptors (Lipinski definition) is 3. The maximum atomic E-state index is 4.38. The number of anilines is 1. The Bertz CT molecular complexity index is 525. The zero-order valence-corrected chi connectivity index (χ0v) is 9.70. The van der Waals surface area contributed by atoms with Gasteiger partial charge in [-0.2, -0.15) is 5.10 Å². The van der Waals surface area contributed by atoms with E-state index in [9.17, 15) is 0 Å². The molecule has 1 saturated carbocycles. The van der Waals surface area contributed by atoms with E-state index in [1.165, 1.54) is 12.8 Å². The first-order valence-corrected chi connectivity index (χ1v) is 5.71. The lowest BCUT2D eigenvalue weighted by molar-refractivity contribution is 0.609. The fourth-order valence-electron chi connectivity index (χ4n) is 1.87. The maximum Gasteiger partial charge on any atom is 0.152 e. The van der Waals surface area contributed by atoms with Gasteiger partial charge >= 0.3 is 0 Å². The first-order chi connectivity index (χ1) is 7.66. The Kier molecular flexibility index (Phi) is 1.93. The molecule has 4 heteroatoms. The van der Waals surface area contributed by atoms with E-state index in [1.54, 1.807) is 6.20 Å². The summed E-state index contributed by atoms with van der Waals surface area (Å²) in [6, 6.07) is 2.06. The molecule has 16 heavy (non-hydrogen) atoms. The molecule has 0 spiro atoms. The SMILES string of the molecule is Cc1cc2c(NCC3(C)CC3)nccn2n1. The minimum absolute atomic E-state index is 0.490. The number of hydrogen-bond donors (Lipinski definition) is 1. The molecule has 2 heterocycles. The standard InChI is InChI=1S/C12H16N4/c1-9-7-10-11(13-5-6-16(10)15-9)14-8-12(2)3-4-12/h5-7H,3-4,8H2,1-2H3,(H,13,14). The molecule has 3 rings (SSSR count). The molecule has 0 unspecified atom stereocenters. The molecule has 1 fully saturated rings. The van der Waals surface area contributed by atoms with Crippen molar-refractivity contribution in [1.29, 1.82) is 0 Å². The lowest BCUT2D eigenvalue weighted by atomic mass is 10.1. The van der Waals surface area contributed by atoms with E-state index in [0.29, 0.717) is 5.41 Å².